The van der Waals surface area contributed by atoms with Crippen LogP contribution in [0.4, 0.5) is 4.39 Å². The molecule has 0 bridgehead atoms. The Morgan fingerprint density at radius 3 is 2.33 bits per heavy atom. The number of nitrogens with one attached hydrogen (secondary N) is 2. The second-order valence-electron chi connectivity index (χ2n) is 5.98. The van der Waals surface area contributed by atoms with Gasteiger partial charge in [-0.1, -0.05) is 24.3 Å². The summed E-state index contributed by atoms with van der Waals surface area (Å²) in [6.07, 6.45) is 3.67. The van der Waals surface area contributed by atoms with Crippen LogP contribution in [0.15, 0.2) is 65.9 Å². The van der Waals surface area contributed by atoms with Gasteiger partial charge in [-0.3, -0.25) is 4.99 Å². The highest BCUT2D eigenvalue weighted by Crippen LogP contribution is 2.10. The van der Waals surface area contributed by atoms with Gasteiger partial charge in [-0.05, 0) is 47.9 Å². The molecule has 3 aromatic rings. The van der Waals surface area contributed by atoms with Crippen molar-refractivity contribution in [1.29, 1.82) is 0 Å². The fraction of sp³-hybridized carbons (Fsp3) is 0.200. The number of nitrogens with zero attached hydrogens (tertiary/aromatic N) is 3. The SMILES string of the molecule is CN=C(NCc1ccc(-n2cccn2)cc1)NCc1ccc(F)c(C)c1.I. The molecule has 0 fully saturated rings. The Hall–Kier alpha value is -2.42. The Morgan fingerprint density at radius 1 is 1.07 bits per heavy atom. The lowest BCUT2D eigenvalue weighted by Crippen LogP contribution is -2.36. The van der Waals surface area contributed by atoms with Crippen molar-refractivity contribution in [2.45, 2.75) is 20.0 Å². The third kappa shape index (κ3) is 5.78. The summed E-state index contributed by atoms with van der Waals surface area (Å²) < 4.78 is 15.2. The fourth-order valence-electron chi connectivity index (χ4n) is 2.60. The van der Waals surface area contributed by atoms with Gasteiger partial charge in [0.2, 0.25) is 0 Å². The number of rotatable bonds is 5. The molecule has 0 atom stereocenters. The number of halogens is 2. The molecule has 0 radical (unpaired) electrons. The topological polar surface area (TPSA) is 54.2 Å². The summed E-state index contributed by atoms with van der Waals surface area (Å²) in [4.78, 5) is 4.22. The average Bonchev–Trinajstić information content (AvgIpc) is 3.20. The second kappa shape index (κ2) is 10.1. The van der Waals surface area contributed by atoms with Crippen molar-refractivity contribution in [3.05, 3.63) is 83.4 Å². The maximum absolute atomic E-state index is 13.3. The highest BCUT2D eigenvalue weighted by Gasteiger charge is 2.02. The van der Waals surface area contributed by atoms with Crippen LogP contribution in [0.3, 0.4) is 0 Å². The molecule has 1 heterocycles. The van der Waals surface area contributed by atoms with Crippen molar-refractivity contribution in [3.63, 3.8) is 0 Å². The first-order chi connectivity index (χ1) is 12.7. The highest BCUT2D eigenvalue weighted by molar-refractivity contribution is 14.0. The van der Waals surface area contributed by atoms with Crippen molar-refractivity contribution in [2.24, 2.45) is 4.99 Å². The first-order valence-corrected chi connectivity index (χ1v) is 8.44. The molecule has 142 valence electrons. The van der Waals surface area contributed by atoms with Crippen LogP contribution in [0.25, 0.3) is 5.69 Å². The minimum atomic E-state index is -0.185. The van der Waals surface area contributed by atoms with Crippen molar-refractivity contribution < 1.29 is 4.39 Å². The van der Waals surface area contributed by atoms with Gasteiger partial charge in [-0.15, -0.1) is 24.0 Å². The summed E-state index contributed by atoms with van der Waals surface area (Å²) in [6, 6.07) is 15.2. The molecular formula is C20H23FIN5. The molecule has 0 spiro atoms. The summed E-state index contributed by atoms with van der Waals surface area (Å²) >= 11 is 0. The zero-order chi connectivity index (χ0) is 18.4. The van der Waals surface area contributed by atoms with Crippen LogP contribution >= 0.6 is 24.0 Å². The van der Waals surface area contributed by atoms with Gasteiger partial charge < -0.3 is 10.6 Å². The number of guanidine groups is 1. The normalized spacial score (nSPS) is 11.0. The summed E-state index contributed by atoms with van der Waals surface area (Å²) in [5.74, 6) is 0.512. The fourth-order valence-corrected chi connectivity index (χ4v) is 2.60. The van der Waals surface area contributed by atoms with E-state index in [2.05, 4.69) is 32.9 Å². The summed E-state index contributed by atoms with van der Waals surface area (Å²) in [6.45, 7) is 3.00. The van der Waals surface area contributed by atoms with Gasteiger partial charge in [0, 0.05) is 32.5 Å². The van der Waals surface area contributed by atoms with E-state index in [1.165, 1.54) is 6.07 Å². The molecule has 0 amide bonds. The Balaban J connectivity index is 0.00000261. The van der Waals surface area contributed by atoms with E-state index in [-0.39, 0.29) is 29.8 Å². The van der Waals surface area contributed by atoms with E-state index < -0.39 is 0 Å². The lowest BCUT2D eigenvalue weighted by molar-refractivity contribution is 0.617. The first kappa shape index (κ1) is 20.9. The molecule has 27 heavy (non-hydrogen) atoms. The van der Waals surface area contributed by atoms with E-state index in [0.29, 0.717) is 24.6 Å². The zero-order valence-electron chi connectivity index (χ0n) is 15.3. The number of benzene rings is 2. The monoisotopic (exact) mass is 479 g/mol. The molecule has 7 heteroatoms. The molecule has 0 saturated heterocycles. The molecule has 0 aliphatic heterocycles. The molecule has 5 nitrogen and oxygen atoms in total. The van der Waals surface area contributed by atoms with Crippen molar-refractivity contribution in [2.75, 3.05) is 7.05 Å². The smallest absolute Gasteiger partial charge is 0.191 e. The van der Waals surface area contributed by atoms with Crippen LogP contribution < -0.4 is 10.6 Å². The van der Waals surface area contributed by atoms with Crippen molar-refractivity contribution in [1.82, 2.24) is 20.4 Å². The van der Waals surface area contributed by atoms with Gasteiger partial charge in [-0.25, -0.2) is 9.07 Å². The van der Waals surface area contributed by atoms with Gasteiger partial charge in [0.1, 0.15) is 5.82 Å². The zero-order valence-corrected chi connectivity index (χ0v) is 17.6. The largest absolute Gasteiger partial charge is 0.352 e. The summed E-state index contributed by atoms with van der Waals surface area (Å²) in [7, 11) is 1.73. The Kier molecular flexibility index (Phi) is 7.78. The molecule has 0 aliphatic carbocycles. The molecule has 0 saturated carbocycles. The molecule has 2 N–H and O–H groups in total. The van der Waals surface area contributed by atoms with Crippen LogP contribution in [0, 0.1) is 12.7 Å². The van der Waals surface area contributed by atoms with Crippen LogP contribution in [-0.4, -0.2) is 22.8 Å². The predicted molar refractivity (Wildman–Crippen MR) is 117 cm³/mol. The minimum Gasteiger partial charge on any atom is -0.352 e. The standard InChI is InChI=1S/C20H22FN5.HI/c1-15-12-17(6-9-19(15)21)14-24-20(22-2)23-13-16-4-7-18(8-5-16)26-11-3-10-25-26;/h3-12H,13-14H2,1-2H3,(H2,22,23,24);1H. The molecule has 0 aliphatic rings. The van der Waals surface area contributed by atoms with E-state index in [0.717, 1.165) is 16.8 Å². The van der Waals surface area contributed by atoms with E-state index in [1.807, 2.05) is 35.1 Å². The van der Waals surface area contributed by atoms with E-state index in [4.69, 9.17) is 0 Å². The van der Waals surface area contributed by atoms with Crippen molar-refractivity contribution >= 4 is 29.9 Å². The number of aromatic nitrogens is 2. The maximum atomic E-state index is 13.3. The van der Waals surface area contributed by atoms with Gasteiger partial charge >= 0.3 is 0 Å². The Morgan fingerprint density at radius 2 is 1.74 bits per heavy atom. The molecule has 3 rings (SSSR count). The third-order valence-electron chi connectivity index (χ3n) is 4.07. The quantitative estimate of drug-likeness (QED) is 0.333. The van der Waals surface area contributed by atoms with Gasteiger partial charge in [-0.2, -0.15) is 5.10 Å². The Bertz CT molecular complexity index is 876. The number of aliphatic imine (C=N–C) groups is 1. The summed E-state index contributed by atoms with van der Waals surface area (Å²) in [5, 5.41) is 10.7. The first-order valence-electron chi connectivity index (χ1n) is 8.44. The van der Waals surface area contributed by atoms with E-state index >= 15 is 0 Å². The predicted octanol–water partition coefficient (Wildman–Crippen LogP) is 3.80. The van der Waals surface area contributed by atoms with Crippen LogP contribution in [0.5, 0.6) is 0 Å². The van der Waals surface area contributed by atoms with Gasteiger partial charge in [0.15, 0.2) is 5.96 Å². The van der Waals surface area contributed by atoms with Crippen LogP contribution in [-0.2, 0) is 13.1 Å². The van der Waals surface area contributed by atoms with Gasteiger partial charge in [0.05, 0.1) is 5.69 Å². The second-order valence-corrected chi connectivity index (χ2v) is 5.98. The lowest BCUT2D eigenvalue weighted by Gasteiger charge is -2.13. The highest BCUT2D eigenvalue weighted by atomic mass is 127. The Labute approximate surface area is 175 Å². The van der Waals surface area contributed by atoms with E-state index in [1.54, 1.807) is 26.2 Å². The van der Waals surface area contributed by atoms with Crippen molar-refractivity contribution in [3.8, 4) is 5.69 Å². The maximum Gasteiger partial charge on any atom is 0.191 e. The summed E-state index contributed by atoms with van der Waals surface area (Å²) in [5.41, 5.74) is 3.81. The van der Waals surface area contributed by atoms with Gasteiger partial charge in [0.25, 0.3) is 0 Å². The lowest BCUT2D eigenvalue weighted by atomic mass is 10.1. The van der Waals surface area contributed by atoms with E-state index in [9.17, 15) is 4.39 Å². The number of hydrogen-bond donors (Lipinski definition) is 2. The number of hydrogen-bond acceptors (Lipinski definition) is 2. The third-order valence-corrected chi connectivity index (χ3v) is 4.07. The van der Waals surface area contributed by atoms with Crippen LogP contribution in [0.2, 0.25) is 0 Å². The molecular weight excluding hydrogens is 456 g/mol. The molecule has 2 aromatic carbocycles. The molecule has 1 aromatic heterocycles. The average molecular weight is 479 g/mol. The van der Waals surface area contributed by atoms with Crippen LogP contribution in [0.1, 0.15) is 16.7 Å². The molecule has 0 unspecified atom stereocenters. The number of aryl methyl sites for hydroxylation is 1. The minimum absolute atomic E-state index is 0.